The van der Waals surface area contributed by atoms with Crippen molar-refractivity contribution in [2.75, 3.05) is 33.7 Å². The molecule has 2 N–H and O–H groups in total. The zero-order chi connectivity index (χ0) is 12.0. The Kier molecular flexibility index (Phi) is 5.25. The molecule has 5 heteroatoms. The third-order valence-electron chi connectivity index (χ3n) is 3.00. The first-order valence-corrected chi connectivity index (χ1v) is 5.78. The highest BCUT2D eigenvalue weighted by atomic mass is 16.2. The summed E-state index contributed by atoms with van der Waals surface area (Å²) in [5.41, 5.74) is 0. The summed E-state index contributed by atoms with van der Waals surface area (Å²) in [5.74, 6) is 0.578. The molecule has 1 unspecified atom stereocenters. The molecule has 1 rings (SSSR count). The van der Waals surface area contributed by atoms with Gasteiger partial charge >= 0.3 is 0 Å². The van der Waals surface area contributed by atoms with Gasteiger partial charge in [-0.25, -0.2) is 0 Å². The Labute approximate surface area is 96.6 Å². The summed E-state index contributed by atoms with van der Waals surface area (Å²) in [4.78, 5) is 24.4. The minimum Gasteiger partial charge on any atom is -0.359 e. The third-order valence-corrected chi connectivity index (χ3v) is 3.00. The number of hydrogen-bond acceptors (Lipinski definition) is 3. The second-order valence-corrected chi connectivity index (χ2v) is 4.30. The molecule has 0 bridgehead atoms. The van der Waals surface area contributed by atoms with E-state index < -0.39 is 0 Å². The SMILES string of the molecule is CNC(=O)CCN(C)C(=O)CC1CCNC1. The van der Waals surface area contributed by atoms with Crippen molar-refractivity contribution in [3.05, 3.63) is 0 Å². The molecule has 0 aliphatic carbocycles. The summed E-state index contributed by atoms with van der Waals surface area (Å²) in [7, 11) is 3.36. The standard InChI is InChI=1S/C11H21N3O2/c1-12-10(15)4-6-14(2)11(16)7-9-3-5-13-8-9/h9,13H,3-8H2,1-2H3,(H,12,15). The number of carbonyl (C=O) groups excluding carboxylic acids is 2. The highest BCUT2D eigenvalue weighted by molar-refractivity contribution is 5.78. The molecule has 0 aromatic rings. The molecule has 0 spiro atoms. The molecule has 1 heterocycles. The predicted octanol–water partition coefficient (Wildman–Crippen LogP) is -0.419. The van der Waals surface area contributed by atoms with Gasteiger partial charge in [-0.05, 0) is 25.4 Å². The van der Waals surface area contributed by atoms with E-state index in [2.05, 4.69) is 10.6 Å². The van der Waals surface area contributed by atoms with Gasteiger partial charge in [0.25, 0.3) is 0 Å². The van der Waals surface area contributed by atoms with Gasteiger partial charge in [-0.2, -0.15) is 0 Å². The topological polar surface area (TPSA) is 61.4 Å². The molecular weight excluding hydrogens is 206 g/mol. The summed E-state index contributed by atoms with van der Waals surface area (Å²) < 4.78 is 0. The quantitative estimate of drug-likeness (QED) is 0.670. The van der Waals surface area contributed by atoms with E-state index in [1.54, 1.807) is 19.0 Å². The van der Waals surface area contributed by atoms with E-state index in [1.165, 1.54) is 0 Å². The fraction of sp³-hybridized carbons (Fsp3) is 0.818. The van der Waals surface area contributed by atoms with Crippen LogP contribution in [0.3, 0.4) is 0 Å². The second-order valence-electron chi connectivity index (χ2n) is 4.30. The molecule has 0 aromatic heterocycles. The number of carbonyl (C=O) groups is 2. The summed E-state index contributed by atoms with van der Waals surface area (Å²) in [5, 5.41) is 5.79. The van der Waals surface area contributed by atoms with Crippen molar-refractivity contribution in [2.45, 2.75) is 19.3 Å². The van der Waals surface area contributed by atoms with Crippen LogP contribution in [-0.2, 0) is 9.59 Å². The first kappa shape index (κ1) is 13.0. The van der Waals surface area contributed by atoms with Crippen molar-refractivity contribution in [1.29, 1.82) is 0 Å². The first-order chi connectivity index (χ1) is 7.63. The third kappa shape index (κ3) is 4.18. The van der Waals surface area contributed by atoms with Crippen LogP contribution >= 0.6 is 0 Å². The lowest BCUT2D eigenvalue weighted by Crippen LogP contribution is -2.32. The van der Waals surface area contributed by atoms with E-state index in [0.717, 1.165) is 19.5 Å². The van der Waals surface area contributed by atoms with Crippen molar-refractivity contribution in [1.82, 2.24) is 15.5 Å². The smallest absolute Gasteiger partial charge is 0.222 e. The lowest BCUT2D eigenvalue weighted by molar-refractivity contribution is -0.131. The monoisotopic (exact) mass is 227 g/mol. The second kappa shape index (κ2) is 6.48. The van der Waals surface area contributed by atoms with Gasteiger partial charge in [0, 0.05) is 33.5 Å². The molecule has 1 aliphatic rings. The molecule has 1 fully saturated rings. The van der Waals surface area contributed by atoms with E-state index in [-0.39, 0.29) is 11.8 Å². The van der Waals surface area contributed by atoms with Gasteiger partial charge in [0.2, 0.25) is 11.8 Å². The average Bonchev–Trinajstić information content (AvgIpc) is 2.77. The largest absolute Gasteiger partial charge is 0.359 e. The van der Waals surface area contributed by atoms with E-state index >= 15 is 0 Å². The van der Waals surface area contributed by atoms with Crippen molar-refractivity contribution in [2.24, 2.45) is 5.92 Å². The van der Waals surface area contributed by atoms with Crippen molar-refractivity contribution >= 4 is 11.8 Å². The summed E-state index contributed by atoms with van der Waals surface area (Å²) in [6, 6.07) is 0. The molecule has 5 nitrogen and oxygen atoms in total. The van der Waals surface area contributed by atoms with E-state index in [1.807, 2.05) is 0 Å². The van der Waals surface area contributed by atoms with Gasteiger partial charge in [-0.15, -0.1) is 0 Å². The number of nitrogens with zero attached hydrogens (tertiary/aromatic N) is 1. The maximum Gasteiger partial charge on any atom is 0.222 e. The first-order valence-electron chi connectivity index (χ1n) is 5.78. The van der Waals surface area contributed by atoms with Crippen molar-refractivity contribution in [3.8, 4) is 0 Å². The van der Waals surface area contributed by atoms with E-state index in [9.17, 15) is 9.59 Å². The summed E-state index contributed by atoms with van der Waals surface area (Å²) in [6.45, 7) is 2.45. The molecule has 1 saturated heterocycles. The van der Waals surface area contributed by atoms with Crippen molar-refractivity contribution in [3.63, 3.8) is 0 Å². The van der Waals surface area contributed by atoms with Crippen LogP contribution in [0.4, 0.5) is 0 Å². The molecule has 0 aromatic carbocycles. The highest BCUT2D eigenvalue weighted by Crippen LogP contribution is 2.13. The van der Waals surface area contributed by atoms with Gasteiger partial charge in [0.05, 0.1) is 0 Å². The maximum absolute atomic E-state index is 11.8. The number of rotatable bonds is 5. The molecule has 1 aliphatic heterocycles. The van der Waals surface area contributed by atoms with Gasteiger partial charge in [-0.1, -0.05) is 0 Å². The van der Waals surface area contributed by atoms with Crippen LogP contribution in [0.15, 0.2) is 0 Å². The Hall–Kier alpha value is -1.10. The van der Waals surface area contributed by atoms with E-state index in [4.69, 9.17) is 0 Å². The minimum atomic E-state index is -0.0258. The summed E-state index contributed by atoms with van der Waals surface area (Å²) in [6.07, 6.45) is 2.05. The Morgan fingerprint density at radius 1 is 1.50 bits per heavy atom. The van der Waals surface area contributed by atoms with Crippen molar-refractivity contribution < 1.29 is 9.59 Å². The molecule has 16 heavy (non-hydrogen) atoms. The Balaban J connectivity index is 2.21. The number of nitrogens with one attached hydrogen (secondary N) is 2. The fourth-order valence-electron chi connectivity index (χ4n) is 1.81. The molecular formula is C11H21N3O2. The molecule has 0 saturated carbocycles. The average molecular weight is 227 g/mol. The zero-order valence-electron chi connectivity index (χ0n) is 10.1. The molecule has 0 radical (unpaired) electrons. The highest BCUT2D eigenvalue weighted by Gasteiger charge is 2.20. The molecule has 92 valence electrons. The van der Waals surface area contributed by atoms with Crippen LogP contribution in [0, 0.1) is 5.92 Å². The van der Waals surface area contributed by atoms with Crippen LogP contribution < -0.4 is 10.6 Å². The normalized spacial score (nSPS) is 19.5. The predicted molar refractivity (Wildman–Crippen MR) is 61.9 cm³/mol. The Bertz CT molecular complexity index is 250. The van der Waals surface area contributed by atoms with Crippen LogP contribution in [0.5, 0.6) is 0 Å². The molecule has 2 amide bonds. The molecule has 1 atom stereocenters. The minimum absolute atomic E-state index is 0.0258. The Morgan fingerprint density at radius 2 is 2.25 bits per heavy atom. The van der Waals surface area contributed by atoms with Gasteiger partial charge in [0.15, 0.2) is 0 Å². The van der Waals surface area contributed by atoms with Gasteiger partial charge in [-0.3, -0.25) is 9.59 Å². The van der Waals surface area contributed by atoms with E-state index in [0.29, 0.717) is 25.3 Å². The lowest BCUT2D eigenvalue weighted by atomic mass is 10.0. The van der Waals surface area contributed by atoms with Crippen LogP contribution in [0.25, 0.3) is 0 Å². The van der Waals surface area contributed by atoms with Crippen LogP contribution in [0.2, 0.25) is 0 Å². The number of amides is 2. The summed E-state index contributed by atoms with van der Waals surface area (Å²) >= 11 is 0. The maximum atomic E-state index is 11.8. The number of hydrogen-bond donors (Lipinski definition) is 2. The van der Waals surface area contributed by atoms with Crippen LogP contribution in [-0.4, -0.2) is 50.4 Å². The van der Waals surface area contributed by atoms with Gasteiger partial charge < -0.3 is 15.5 Å². The zero-order valence-corrected chi connectivity index (χ0v) is 10.1. The van der Waals surface area contributed by atoms with Gasteiger partial charge in [0.1, 0.15) is 0 Å². The lowest BCUT2D eigenvalue weighted by Gasteiger charge is -2.18. The fourth-order valence-corrected chi connectivity index (χ4v) is 1.81. The van der Waals surface area contributed by atoms with Crippen LogP contribution in [0.1, 0.15) is 19.3 Å². The Morgan fingerprint density at radius 3 is 2.81 bits per heavy atom.